The van der Waals surface area contributed by atoms with Gasteiger partial charge in [-0.15, -0.1) is 0 Å². The molecule has 0 fully saturated rings. The first-order chi connectivity index (χ1) is 8.93. The Hall–Kier alpha value is -1.56. The number of aromatic nitrogens is 2. The van der Waals surface area contributed by atoms with Gasteiger partial charge in [-0.2, -0.15) is 4.98 Å². The maximum absolute atomic E-state index is 9.36. The molecule has 0 amide bonds. The number of nitrogens with zero attached hydrogens (tertiary/aromatic N) is 2. The van der Waals surface area contributed by atoms with Crippen LogP contribution < -0.4 is 15.8 Å². The zero-order chi connectivity index (χ0) is 14.4. The summed E-state index contributed by atoms with van der Waals surface area (Å²) in [6.07, 6.45) is 2.23. The molecule has 19 heavy (non-hydrogen) atoms. The van der Waals surface area contributed by atoms with Crippen LogP contribution in [0.2, 0.25) is 0 Å². The lowest BCUT2D eigenvalue weighted by Gasteiger charge is -2.20. The number of nitrogens with one attached hydrogen (secondary N) is 1. The second-order valence-corrected chi connectivity index (χ2v) is 5.26. The smallest absolute Gasteiger partial charge is 0.242 e. The normalized spacial score (nSPS) is 12.8. The minimum absolute atomic E-state index is 0.00523. The van der Waals surface area contributed by atoms with Crippen LogP contribution in [0.25, 0.3) is 0 Å². The summed E-state index contributed by atoms with van der Waals surface area (Å²) in [6, 6.07) is -0.0795. The van der Waals surface area contributed by atoms with Crippen LogP contribution in [0.4, 0.5) is 11.5 Å². The van der Waals surface area contributed by atoms with Gasteiger partial charge in [0.25, 0.3) is 0 Å². The third-order valence-electron chi connectivity index (χ3n) is 2.51. The van der Waals surface area contributed by atoms with E-state index in [9.17, 15) is 5.11 Å². The fourth-order valence-electron chi connectivity index (χ4n) is 1.75. The molecule has 6 nitrogen and oxygen atoms in total. The lowest BCUT2D eigenvalue weighted by molar-refractivity contribution is 0.233. The second-order valence-electron chi connectivity index (χ2n) is 5.26. The van der Waals surface area contributed by atoms with Crippen molar-refractivity contribution in [2.75, 3.05) is 17.7 Å². The van der Waals surface area contributed by atoms with Crippen LogP contribution in [-0.4, -0.2) is 33.8 Å². The van der Waals surface area contributed by atoms with E-state index >= 15 is 0 Å². The molecule has 1 aromatic heterocycles. The summed E-state index contributed by atoms with van der Waals surface area (Å²) in [7, 11) is 0. The first-order valence-electron chi connectivity index (χ1n) is 6.58. The average Bonchev–Trinajstić information content (AvgIpc) is 2.32. The number of hydrogen-bond acceptors (Lipinski definition) is 6. The minimum atomic E-state index is -0.0795. The first kappa shape index (κ1) is 15.5. The molecule has 1 rings (SSSR count). The van der Waals surface area contributed by atoms with E-state index in [1.807, 2.05) is 13.8 Å². The largest absolute Gasteiger partial charge is 0.473 e. The number of ether oxygens (including phenoxy) is 1. The van der Waals surface area contributed by atoms with E-state index < -0.39 is 0 Å². The van der Waals surface area contributed by atoms with Crippen LogP contribution >= 0.6 is 0 Å². The van der Waals surface area contributed by atoms with Crippen molar-refractivity contribution in [2.24, 2.45) is 5.92 Å². The van der Waals surface area contributed by atoms with Crippen molar-refractivity contribution in [1.82, 2.24) is 9.97 Å². The Kier molecular flexibility index (Phi) is 5.82. The molecule has 0 saturated carbocycles. The molecule has 1 aromatic rings. The summed E-state index contributed by atoms with van der Waals surface area (Å²) in [5, 5.41) is 12.5. The predicted octanol–water partition coefficient (Wildman–Crippen LogP) is 1.66. The Morgan fingerprint density at radius 2 is 2.00 bits per heavy atom. The van der Waals surface area contributed by atoms with Gasteiger partial charge >= 0.3 is 0 Å². The lowest BCUT2D eigenvalue weighted by atomic mass is 10.0. The second kappa shape index (κ2) is 7.13. The van der Waals surface area contributed by atoms with E-state index in [1.165, 1.54) is 6.33 Å². The van der Waals surface area contributed by atoms with E-state index in [-0.39, 0.29) is 18.8 Å². The van der Waals surface area contributed by atoms with Gasteiger partial charge in [-0.25, -0.2) is 4.98 Å². The van der Waals surface area contributed by atoms with Crippen molar-refractivity contribution in [2.45, 2.75) is 46.3 Å². The van der Waals surface area contributed by atoms with Crippen LogP contribution in [0.5, 0.6) is 5.88 Å². The highest BCUT2D eigenvalue weighted by Crippen LogP contribution is 2.26. The lowest BCUT2D eigenvalue weighted by Crippen LogP contribution is -2.27. The molecule has 0 spiro atoms. The van der Waals surface area contributed by atoms with Gasteiger partial charge in [-0.1, -0.05) is 13.8 Å². The summed E-state index contributed by atoms with van der Waals surface area (Å²) in [5.74, 6) is 1.35. The van der Waals surface area contributed by atoms with Gasteiger partial charge in [0.15, 0.2) is 5.82 Å². The standard InChI is InChI=1S/C13H24N4O2/c1-8(2)5-10(6-18)17-12-11(14)13(16-7-15-12)19-9(3)4/h7-10,18H,5-6,14H2,1-4H3,(H,15,16,17). The Labute approximate surface area is 114 Å². The molecule has 1 atom stereocenters. The number of hydrogen-bond donors (Lipinski definition) is 3. The van der Waals surface area contributed by atoms with E-state index in [2.05, 4.69) is 29.1 Å². The molecule has 0 radical (unpaired) electrons. The monoisotopic (exact) mass is 268 g/mol. The molecule has 0 saturated heterocycles. The van der Waals surface area contributed by atoms with Crippen LogP contribution in [0, 0.1) is 5.92 Å². The summed E-state index contributed by atoms with van der Waals surface area (Å²) >= 11 is 0. The third kappa shape index (κ3) is 4.90. The molecule has 0 bridgehead atoms. The predicted molar refractivity (Wildman–Crippen MR) is 76.2 cm³/mol. The van der Waals surface area contributed by atoms with Crippen molar-refractivity contribution in [3.63, 3.8) is 0 Å². The van der Waals surface area contributed by atoms with Gasteiger partial charge in [0.2, 0.25) is 5.88 Å². The highest BCUT2D eigenvalue weighted by Gasteiger charge is 2.15. The zero-order valence-electron chi connectivity index (χ0n) is 12.1. The summed E-state index contributed by atoms with van der Waals surface area (Å²) in [5.41, 5.74) is 6.34. The zero-order valence-corrected chi connectivity index (χ0v) is 12.1. The SMILES string of the molecule is CC(C)CC(CO)Nc1ncnc(OC(C)C)c1N. The molecule has 1 unspecified atom stereocenters. The topological polar surface area (TPSA) is 93.3 Å². The maximum atomic E-state index is 9.36. The fraction of sp³-hybridized carbons (Fsp3) is 0.692. The number of aliphatic hydroxyl groups excluding tert-OH is 1. The number of nitrogens with two attached hydrogens (primary N) is 1. The Morgan fingerprint density at radius 3 is 2.53 bits per heavy atom. The van der Waals surface area contributed by atoms with Gasteiger partial charge in [-0.3, -0.25) is 0 Å². The van der Waals surface area contributed by atoms with E-state index in [0.29, 0.717) is 23.3 Å². The fourth-order valence-corrected chi connectivity index (χ4v) is 1.75. The van der Waals surface area contributed by atoms with Crippen molar-refractivity contribution in [1.29, 1.82) is 0 Å². The average molecular weight is 268 g/mol. The van der Waals surface area contributed by atoms with Gasteiger partial charge in [0, 0.05) is 0 Å². The molecule has 0 aromatic carbocycles. The number of anilines is 2. The van der Waals surface area contributed by atoms with E-state index in [0.717, 1.165) is 6.42 Å². The Balaban J connectivity index is 2.82. The van der Waals surface area contributed by atoms with Crippen LogP contribution in [0.15, 0.2) is 6.33 Å². The van der Waals surface area contributed by atoms with Crippen molar-refractivity contribution in [3.05, 3.63) is 6.33 Å². The van der Waals surface area contributed by atoms with E-state index in [1.54, 1.807) is 0 Å². The highest BCUT2D eigenvalue weighted by molar-refractivity contribution is 5.66. The van der Waals surface area contributed by atoms with Crippen LogP contribution in [0.1, 0.15) is 34.1 Å². The molecular formula is C13H24N4O2. The third-order valence-corrected chi connectivity index (χ3v) is 2.51. The van der Waals surface area contributed by atoms with Gasteiger partial charge in [0.1, 0.15) is 12.0 Å². The minimum Gasteiger partial charge on any atom is -0.473 e. The first-order valence-corrected chi connectivity index (χ1v) is 6.58. The summed E-state index contributed by atoms with van der Waals surface area (Å²) in [4.78, 5) is 8.12. The number of aliphatic hydroxyl groups is 1. The van der Waals surface area contributed by atoms with Crippen LogP contribution in [-0.2, 0) is 0 Å². The molecule has 4 N–H and O–H groups in total. The van der Waals surface area contributed by atoms with E-state index in [4.69, 9.17) is 10.5 Å². The summed E-state index contributed by atoms with van der Waals surface area (Å²) in [6.45, 7) is 8.04. The molecule has 0 aliphatic heterocycles. The van der Waals surface area contributed by atoms with Crippen molar-refractivity contribution in [3.8, 4) is 5.88 Å². The quantitative estimate of drug-likeness (QED) is 0.696. The Bertz CT molecular complexity index is 396. The van der Waals surface area contributed by atoms with Gasteiger partial charge < -0.3 is 20.9 Å². The highest BCUT2D eigenvalue weighted by atomic mass is 16.5. The molecule has 108 valence electrons. The Morgan fingerprint density at radius 1 is 1.32 bits per heavy atom. The van der Waals surface area contributed by atoms with Gasteiger partial charge in [0.05, 0.1) is 18.8 Å². The summed E-state index contributed by atoms with van der Waals surface area (Å²) < 4.78 is 5.50. The maximum Gasteiger partial charge on any atom is 0.242 e. The molecule has 0 aliphatic carbocycles. The van der Waals surface area contributed by atoms with Crippen LogP contribution in [0.3, 0.4) is 0 Å². The molecule has 0 aliphatic rings. The molecule has 1 heterocycles. The van der Waals surface area contributed by atoms with Crippen molar-refractivity contribution < 1.29 is 9.84 Å². The molecule has 6 heteroatoms. The number of rotatable bonds is 7. The number of nitrogen functional groups attached to an aromatic ring is 1. The van der Waals surface area contributed by atoms with Gasteiger partial charge in [-0.05, 0) is 26.2 Å². The van der Waals surface area contributed by atoms with Crippen molar-refractivity contribution >= 4 is 11.5 Å². The molecular weight excluding hydrogens is 244 g/mol.